The molecule has 3 rings (SSSR count). The molecule has 12 heavy (non-hydrogen) atoms. The molecule has 3 aliphatic carbocycles. The van der Waals surface area contributed by atoms with Gasteiger partial charge in [-0.2, -0.15) is 0 Å². The summed E-state index contributed by atoms with van der Waals surface area (Å²) in [5.74, 6) is 3.88. The lowest BCUT2D eigenvalue weighted by Gasteiger charge is -2.09. The number of nitrogens with two attached hydrogens (primary N) is 1. The molecule has 0 heterocycles. The maximum Gasteiger partial charge on any atom is 0.163 e. The third kappa shape index (κ3) is 0.777. The Kier molecular flexibility index (Phi) is 1.27. The van der Waals surface area contributed by atoms with Gasteiger partial charge in [0.2, 0.25) is 0 Å². The summed E-state index contributed by atoms with van der Waals surface area (Å²) in [6.07, 6.45) is 4.41. The molecule has 3 fully saturated rings. The fourth-order valence-electron chi connectivity index (χ4n) is 3.68. The van der Waals surface area contributed by atoms with Crippen LogP contribution in [0.25, 0.3) is 0 Å². The fourth-order valence-corrected chi connectivity index (χ4v) is 3.82. The van der Waals surface area contributed by atoms with E-state index in [-0.39, 0.29) is 0 Å². The van der Waals surface area contributed by atoms with Crippen molar-refractivity contribution < 1.29 is 0 Å². The third-order valence-corrected chi connectivity index (χ3v) is 4.16. The molecule has 3 N–H and O–H groups in total. The molecule has 4 unspecified atom stereocenters. The van der Waals surface area contributed by atoms with Crippen molar-refractivity contribution in [2.75, 3.05) is 0 Å². The summed E-state index contributed by atoms with van der Waals surface area (Å²) in [7, 11) is 0. The largest absolute Gasteiger partial charge is 0.376 e. The van der Waals surface area contributed by atoms with Crippen molar-refractivity contribution in [1.82, 2.24) is 5.32 Å². The van der Waals surface area contributed by atoms with E-state index in [9.17, 15) is 0 Å². The molecule has 3 saturated carbocycles. The zero-order valence-electron chi connectivity index (χ0n) is 6.99. The van der Waals surface area contributed by atoms with E-state index in [2.05, 4.69) is 5.32 Å². The second-order valence-electron chi connectivity index (χ2n) is 4.52. The van der Waals surface area contributed by atoms with Crippen LogP contribution < -0.4 is 11.1 Å². The Morgan fingerprint density at radius 1 is 1.25 bits per heavy atom. The number of fused-ring (bicyclic) bond motifs is 5. The van der Waals surface area contributed by atoms with Gasteiger partial charge in [0.25, 0.3) is 0 Å². The number of hydrogen-bond donors (Lipinski definition) is 2. The van der Waals surface area contributed by atoms with Gasteiger partial charge in [0, 0.05) is 6.04 Å². The Balaban J connectivity index is 1.71. The van der Waals surface area contributed by atoms with Crippen molar-refractivity contribution in [3.05, 3.63) is 0 Å². The Morgan fingerprint density at radius 2 is 1.83 bits per heavy atom. The van der Waals surface area contributed by atoms with Crippen LogP contribution in [0.2, 0.25) is 0 Å². The summed E-state index contributed by atoms with van der Waals surface area (Å²) in [4.78, 5) is 0. The lowest BCUT2D eigenvalue weighted by atomic mass is 10.0. The van der Waals surface area contributed by atoms with E-state index in [0.29, 0.717) is 11.2 Å². The topological polar surface area (TPSA) is 38.0 Å². The first-order valence-electron chi connectivity index (χ1n) is 4.83. The maximum atomic E-state index is 5.47. The summed E-state index contributed by atoms with van der Waals surface area (Å²) in [6.45, 7) is 0. The summed E-state index contributed by atoms with van der Waals surface area (Å²) < 4.78 is 0. The first-order valence-corrected chi connectivity index (χ1v) is 5.24. The summed E-state index contributed by atoms with van der Waals surface area (Å²) in [6, 6.07) is 0.661. The van der Waals surface area contributed by atoms with Gasteiger partial charge in [-0.1, -0.05) is 0 Å². The normalized spacial score (nSPS) is 53.5. The van der Waals surface area contributed by atoms with Crippen LogP contribution >= 0.6 is 12.2 Å². The van der Waals surface area contributed by atoms with Gasteiger partial charge in [0.1, 0.15) is 0 Å². The first-order chi connectivity index (χ1) is 5.77. The van der Waals surface area contributed by atoms with Gasteiger partial charge in [-0.05, 0) is 55.2 Å². The highest BCUT2D eigenvalue weighted by molar-refractivity contribution is 7.80. The molecule has 0 aromatic carbocycles. The second-order valence-corrected chi connectivity index (χ2v) is 4.96. The van der Waals surface area contributed by atoms with Gasteiger partial charge in [-0.15, -0.1) is 0 Å². The van der Waals surface area contributed by atoms with Crippen molar-refractivity contribution >= 4 is 17.3 Å². The van der Waals surface area contributed by atoms with Gasteiger partial charge >= 0.3 is 0 Å². The zero-order valence-corrected chi connectivity index (χ0v) is 7.81. The number of rotatable bonds is 1. The van der Waals surface area contributed by atoms with E-state index < -0.39 is 0 Å². The first kappa shape index (κ1) is 7.13. The fraction of sp³-hybridized carbons (Fsp3) is 0.889. The van der Waals surface area contributed by atoms with E-state index >= 15 is 0 Å². The Morgan fingerprint density at radius 3 is 2.33 bits per heavy atom. The number of nitrogens with one attached hydrogen (secondary N) is 1. The van der Waals surface area contributed by atoms with Gasteiger partial charge in [-0.3, -0.25) is 0 Å². The van der Waals surface area contributed by atoms with Crippen LogP contribution in [-0.2, 0) is 0 Å². The molecule has 0 aromatic rings. The predicted octanol–water partition coefficient (Wildman–Crippen LogP) is 0.864. The molecule has 2 bridgehead atoms. The van der Waals surface area contributed by atoms with Gasteiger partial charge in [-0.25, -0.2) is 0 Å². The SMILES string of the molecule is NC(=S)NC1C2C3CCC(C3)C12. The highest BCUT2D eigenvalue weighted by atomic mass is 32.1. The van der Waals surface area contributed by atoms with Crippen molar-refractivity contribution in [1.29, 1.82) is 0 Å². The molecule has 0 amide bonds. The summed E-state index contributed by atoms with van der Waals surface area (Å²) in [5, 5.41) is 3.72. The van der Waals surface area contributed by atoms with Crippen LogP contribution in [0.3, 0.4) is 0 Å². The molecule has 4 atom stereocenters. The maximum absolute atomic E-state index is 5.47. The summed E-state index contributed by atoms with van der Waals surface area (Å²) >= 11 is 4.85. The van der Waals surface area contributed by atoms with Crippen molar-refractivity contribution in [2.24, 2.45) is 29.4 Å². The summed E-state index contributed by atoms with van der Waals surface area (Å²) in [5.41, 5.74) is 5.47. The van der Waals surface area contributed by atoms with Crippen molar-refractivity contribution in [2.45, 2.75) is 25.3 Å². The molecule has 3 aliphatic rings. The average molecular weight is 182 g/mol. The van der Waals surface area contributed by atoms with Crippen LogP contribution in [-0.4, -0.2) is 11.2 Å². The molecule has 0 aromatic heterocycles. The van der Waals surface area contributed by atoms with E-state index in [1.165, 1.54) is 19.3 Å². The smallest absolute Gasteiger partial charge is 0.163 e. The minimum atomic E-state index is 0.494. The number of hydrogen-bond acceptors (Lipinski definition) is 1. The van der Waals surface area contributed by atoms with E-state index in [1.807, 2.05) is 0 Å². The van der Waals surface area contributed by atoms with Gasteiger partial charge in [0.05, 0.1) is 0 Å². The highest BCUT2D eigenvalue weighted by Crippen LogP contribution is 2.65. The van der Waals surface area contributed by atoms with Crippen LogP contribution in [0.5, 0.6) is 0 Å². The minimum Gasteiger partial charge on any atom is -0.376 e. The van der Waals surface area contributed by atoms with Crippen molar-refractivity contribution in [3.63, 3.8) is 0 Å². The molecular formula is C9H14N2S. The average Bonchev–Trinajstić information content (AvgIpc) is 2.43. The van der Waals surface area contributed by atoms with Crippen LogP contribution in [0, 0.1) is 23.7 Å². The molecule has 0 aliphatic heterocycles. The molecule has 0 spiro atoms. The van der Waals surface area contributed by atoms with Crippen LogP contribution in [0.15, 0.2) is 0 Å². The van der Waals surface area contributed by atoms with Crippen LogP contribution in [0.1, 0.15) is 19.3 Å². The van der Waals surface area contributed by atoms with Crippen molar-refractivity contribution in [3.8, 4) is 0 Å². The minimum absolute atomic E-state index is 0.494. The lowest BCUT2D eigenvalue weighted by Crippen LogP contribution is -2.34. The Bertz CT molecular complexity index is 225. The predicted molar refractivity (Wildman–Crippen MR) is 51.5 cm³/mol. The van der Waals surface area contributed by atoms with E-state index in [4.69, 9.17) is 18.0 Å². The second kappa shape index (κ2) is 2.13. The van der Waals surface area contributed by atoms with Crippen LogP contribution in [0.4, 0.5) is 0 Å². The molecule has 0 saturated heterocycles. The standard InChI is InChI=1S/C9H14N2S/c10-9(12)11-8-6-4-1-2-5(3-4)7(6)8/h4-8H,1-3H2,(H3,10,11,12). The quantitative estimate of drug-likeness (QED) is 0.591. The molecule has 66 valence electrons. The molecule has 3 heteroatoms. The Labute approximate surface area is 77.9 Å². The van der Waals surface area contributed by atoms with Gasteiger partial charge in [0.15, 0.2) is 5.11 Å². The van der Waals surface area contributed by atoms with E-state index in [1.54, 1.807) is 0 Å². The monoisotopic (exact) mass is 182 g/mol. The van der Waals surface area contributed by atoms with Gasteiger partial charge < -0.3 is 11.1 Å². The number of thiocarbonyl (C=S) groups is 1. The zero-order chi connectivity index (χ0) is 8.29. The highest BCUT2D eigenvalue weighted by Gasteiger charge is 2.65. The van der Waals surface area contributed by atoms with E-state index in [0.717, 1.165) is 23.7 Å². The molecular weight excluding hydrogens is 168 g/mol. The lowest BCUT2D eigenvalue weighted by molar-refractivity contribution is 0.456. The third-order valence-electron chi connectivity index (χ3n) is 4.04. The molecule has 0 radical (unpaired) electrons. The molecule has 2 nitrogen and oxygen atoms in total. The Hall–Kier alpha value is -0.310.